The minimum atomic E-state index is -2.55. The molecule has 37 heavy (non-hydrogen) atoms. The van der Waals surface area contributed by atoms with Crippen LogP contribution in [0.2, 0.25) is 0 Å². The number of benzene rings is 2. The molecule has 3 nitrogen and oxygen atoms in total. The molecule has 3 rings (SSSR count). The van der Waals surface area contributed by atoms with Gasteiger partial charge in [-0.2, -0.15) is 0 Å². The van der Waals surface area contributed by atoms with Crippen LogP contribution >= 0.6 is 8.60 Å². The Morgan fingerprint density at radius 3 is 1.54 bits per heavy atom. The zero-order valence-corrected chi connectivity index (χ0v) is 26.7. The van der Waals surface area contributed by atoms with Crippen LogP contribution in [-0.2, 0) is 38.2 Å². The van der Waals surface area contributed by atoms with Crippen molar-refractivity contribution in [3.63, 3.8) is 0 Å². The molecule has 0 spiro atoms. The molecule has 0 aromatic heterocycles. The predicted molar refractivity (Wildman–Crippen MR) is 159 cm³/mol. The molecule has 0 saturated carbocycles. The van der Waals surface area contributed by atoms with Crippen LogP contribution in [0, 0.1) is 0 Å². The van der Waals surface area contributed by atoms with Crippen molar-refractivity contribution in [1.82, 2.24) is 0 Å². The molecule has 2 unspecified atom stereocenters. The molecular formula is C33H51O3P. The van der Waals surface area contributed by atoms with Crippen molar-refractivity contribution in [2.24, 2.45) is 0 Å². The molecule has 2 aromatic rings. The average Bonchev–Trinajstić information content (AvgIpc) is 2.76. The van der Waals surface area contributed by atoms with Crippen molar-refractivity contribution < 1.29 is 14.3 Å². The minimum absolute atomic E-state index is 0.0119. The van der Waals surface area contributed by atoms with E-state index in [1.165, 1.54) is 38.9 Å². The van der Waals surface area contributed by atoms with E-state index in [1.807, 2.05) is 0 Å². The van der Waals surface area contributed by atoms with Gasteiger partial charge in [-0.15, -0.1) is 0 Å². The third kappa shape index (κ3) is 6.01. The van der Waals surface area contributed by atoms with Crippen molar-refractivity contribution >= 4 is 8.60 Å². The van der Waals surface area contributed by atoms with Crippen LogP contribution in [0.3, 0.4) is 0 Å². The minimum Gasteiger partial charge on any atom is -0.328 e. The monoisotopic (exact) mass is 526 g/mol. The number of fused-ring (bicyclic) bond motifs is 2. The highest BCUT2D eigenvalue weighted by atomic mass is 31.2. The summed E-state index contributed by atoms with van der Waals surface area (Å²) in [5.41, 5.74) is 9.02. The SMILES string of the molecule is CC1c2cc(C(C)(C)C)cc(C(C)(C)C)c2CC(C)(OP(O)O)c2c1cc(C(C)(C)C)cc2C(C)(C)C. The molecule has 206 valence electrons. The highest BCUT2D eigenvalue weighted by Crippen LogP contribution is 2.53. The van der Waals surface area contributed by atoms with Gasteiger partial charge in [-0.25, -0.2) is 0 Å². The fourth-order valence-electron chi connectivity index (χ4n) is 5.85. The van der Waals surface area contributed by atoms with Gasteiger partial charge in [0.15, 0.2) is 0 Å². The van der Waals surface area contributed by atoms with E-state index in [1.54, 1.807) is 0 Å². The summed E-state index contributed by atoms with van der Waals surface area (Å²) in [6.45, 7) is 31.6. The van der Waals surface area contributed by atoms with Gasteiger partial charge in [0.05, 0.1) is 0 Å². The molecule has 2 aromatic carbocycles. The molecule has 1 aliphatic rings. The number of hydrogen-bond donors (Lipinski definition) is 2. The van der Waals surface area contributed by atoms with E-state index in [0.717, 1.165) is 5.56 Å². The molecule has 0 radical (unpaired) electrons. The Kier molecular flexibility index (Phi) is 7.73. The fraction of sp³-hybridized carbons (Fsp3) is 0.636. The van der Waals surface area contributed by atoms with E-state index < -0.39 is 14.2 Å². The summed E-state index contributed by atoms with van der Waals surface area (Å²) in [7, 11) is -2.55. The Balaban J connectivity index is 2.57. The standard InChI is InChI=1S/C33H51O3P/c1-20-23-15-21(29(2,3)4)17-26(31(8,9)10)25(23)19-33(14,36-37(34)35)28-24(20)16-22(30(5,6)7)18-27(28)32(11,12)13/h15-18,20,34-35H,19H2,1-14H3. The molecule has 1 aliphatic carbocycles. The zero-order chi connectivity index (χ0) is 28.5. The highest BCUT2D eigenvalue weighted by Gasteiger charge is 2.44. The first-order valence-electron chi connectivity index (χ1n) is 13.7. The molecule has 0 amide bonds. The Bertz CT molecular complexity index is 1170. The zero-order valence-electron chi connectivity index (χ0n) is 25.8. The van der Waals surface area contributed by atoms with E-state index in [-0.39, 0.29) is 27.6 Å². The maximum absolute atomic E-state index is 10.3. The first-order valence-corrected chi connectivity index (χ1v) is 14.9. The summed E-state index contributed by atoms with van der Waals surface area (Å²) in [4.78, 5) is 20.5. The van der Waals surface area contributed by atoms with Gasteiger partial charge in [-0.3, -0.25) is 0 Å². The topological polar surface area (TPSA) is 49.7 Å². The van der Waals surface area contributed by atoms with Gasteiger partial charge in [0.2, 0.25) is 0 Å². The highest BCUT2D eigenvalue weighted by molar-refractivity contribution is 7.39. The van der Waals surface area contributed by atoms with Crippen LogP contribution in [0.4, 0.5) is 0 Å². The van der Waals surface area contributed by atoms with Crippen molar-refractivity contribution in [1.29, 1.82) is 0 Å². The normalized spacial score (nSPS) is 21.1. The predicted octanol–water partition coefficient (Wildman–Crippen LogP) is 9.03. The lowest BCUT2D eigenvalue weighted by atomic mass is 9.71. The second kappa shape index (κ2) is 9.44. The maximum Gasteiger partial charge on any atom is 0.327 e. The summed E-state index contributed by atoms with van der Waals surface area (Å²) in [6, 6.07) is 9.49. The van der Waals surface area contributed by atoms with Gasteiger partial charge < -0.3 is 14.3 Å². The van der Waals surface area contributed by atoms with Crippen molar-refractivity contribution in [2.75, 3.05) is 0 Å². The van der Waals surface area contributed by atoms with E-state index in [0.29, 0.717) is 6.42 Å². The summed E-state index contributed by atoms with van der Waals surface area (Å²) in [5, 5.41) is 0. The second-order valence-corrected chi connectivity index (χ2v) is 16.2. The third-order valence-electron chi connectivity index (χ3n) is 8.06. The fourth-order valence-corrected chi connectivity index (χ4v) is 6.37. The Morgan fingerprint density at radius 2 is 1.14 bits per heavy atom. The average molecular weight is 527 g/mol. The van der Waals surface area contributed by atoms with Crippen LogP contribution in [-0.4, -0.2) is 9.79 Å². The van der Waals surface area contributed by atoms with Crippen LogP contribution in [0.25, 0.3) is 0 Å². The van der Waals surface area contributed by atoms with Crippen LogP contribution in [0.15, 0.2) is 24.3 Å². The van der Waals surface area contributed by atoms with E-state index in [9.17, 15) is 9.79 Å². The van der Waals surface area contributed by atoms with Gasteiger partial charge in [0, 0.05) is 12.3 Å². The van der Waals surface area contributed by atoms with Crippen LogP contribution in [0.1, 0.15) is 147 Å². The quantitative estimate of drug-likeness (QED) is 0.384. The van der Waals surface area contributed by atoms with Gasteiger partial charge in [0.1, 0.15) is 5.60 Å². The van der Waals surface area contributed by atoms with E-state index in [4.69, 9.17) is 4.52 Å². The number of rotatable bonds is 2. The van der Waals surface area contributed by atoms with Gasteiger partial charge >= 0.3 is 8.60 Å². The third-order valence-corrected chi connectivity index (χ3v) is 8.63. The summed E-state index contributed by atoms with van der Waals surface area (Å²) >= 11 is 0. The molecular weight excluding hydrogens is 475 g/mol. The second-order valence-electron chi connectivity index (χ2n) is 15.6. The summed E-state index contributed by atoms with van der Waals surface area (Å²) in [5.74, 6) is 0.130. The lowest BCUT2D eigenvalue weighted by molar-refractivity contribution is 0.0681. The molecule has 2 atom stereocenters. The maximum atomic E-state index is 10.3. The molecule has 4 heteroatoms. The van der Waals surface area contributed by atoms with E-state index in [2.05, 4.69) is 121 Å². The van der Waals surface area contributed by atoms with Gasteiger partial charge in [-0.05, 0) is 73.1 Å². The van der Waals surface area contributed by atoms with Gasteiger partial charge in [-0.1, -0.05) is 114 Å². The summed E-state index contributed by atoms with van der Waals surface area (Å²) in [6.07, 6.45) is 0.592. The van der Waals surface area contributed by atoms with Crippen LogP contribution < -0.4 is 0 Å². The number of hydrogen-bond acceptors (Lipinski definition) is 3. The molecule has 0 aliphatic heterocycles. The smallest absolute Gasteiger partial charge is 0.327 e. The molecule has 0 saturated heterocycles. The van der Waals surface area contributed by atoms with E-state index >= 15 is 0 Å². The lowest BCUT2D eigenvalue weighted by Crippen LogP contribution is -2.33. The van der Waals surface area contributed by atoms with Crippen molar-refractivity contribution in [3.05, 3.63) is 68.8 Å². The first-order chi connectivity index (χ1) is 16.5. The molecule has 0 heterocycles. The first kappa shape index (κ1) is 30.3. The van der Waals surface area contributed by atoms with Crippen molar-refractivity contribution in [2.45, 2.75) is 137 Å². The Hall–Kier alpha value is -1.25. The molecule has 0 bridgehead atoms. The van der Waals surface area contributed by atoms with Gasteiger partial charge in [0.25, 0.3) is 0 Å². The molecule has 2 N–H and O–H groups in total. The Morgan fingerprint density at radius 1 is 0.703 bits per heavy atom. The lowest BCUT2D eigenvalue weighted by Gasteiger charge is -2.38. The summed E-state index contributed by atoms with van der Waals surface area (Å²) < 4.78 is 6.19. The van der Waals surface area contributed by atoms with Crippen LogP contribution in [0.5, 0.6) is 0 Å². The Labute approximate surface area is 228 Å². The largest absolute Gasteiger partial charge is 0.328 e. The molecule has 0 fully saturated rings. The van der Waals surface area contributed by atoms with Crippen molar-refractivity contribution in [3.8, 4) is 0 Å².